The number of carbonyl (C=O) groups is 2. The average molecular weight is 638 g/mol. The fourth-order valence-corrected chi connectivity index (χ4v) is 6.29. The molecule has 8 heteroatoms. The van der Waals surface area contributed by atoms with Crippen LogP contribution in [-0.4, -0.2) is 62.0 Å². The Bertz CT molecular complexity index is 1640. The molecule has 0 fully saturated rings. The minimum atomic E-state index is -0.384. The zero-order valence-electron chi connectivity index (χ0n) is 27.6. The largest absolute Gasteiger partial charge is 0.493 e. The van der Waals surface area contributed by atoms with Crippen LogP contribution in [0.15, 0.2) is 91.0 Å². The Morgan fingerprint density at radius 3 is 2.21 bits per heavy atom. The Labute approximate surface area is 277 Å². The van der Waals surface area contributed by atoms with Crippen molar-refractivity contribution in [2.75, 3.05) is 45.3 Å². The van der Waals surface area contributed by atoms with Gasteiger partial charge in [-0.15, -0.1) is 0 Å². The van der Waals surface area contributed by atoms with Crippen molar-refractivity contribution in [3.8, 4) is 11.5 Å². The number of aryl methyl sites for hydroxylation is 2. The standard InChI is InChI=1S/C39H44FN3O4/c1-29-10-7-13-33-28-42(37(44)21-15-30-14-20-35(46-2)36(26-30)47-3)24-8-22-41(27-31-11-5-4-6-12-31)23-9-25-43(38(29)33)39(45)32-16-18-34(40)19-17-32/h4-7,10-14,16-20,26H,8-9,15,21-25,27-28H2,1-3H3. The highest BCUT2D eigenvalue weighted by molar-refractivity contribution is 6.07. The van der Waals surface area contributed by atoms with Crippen molar-refractivity contribution in [2.24, 2.45) is 0 Å². The zero-order chi connectivity index (χ0) is 33.2. The van der Waals surface area contributed by atoms with Gasteiger partial charge in [0, 0.05) is 51.3 Å². The number of amides is 2. The van der Waals surface area contributed by atoms with Gasteiger partial charge in [0.05, 0.1) is 19.9 Å². The summed E-state index contributed by atoms with van der Waals surface area (Å²) in [5, 5.41) is 0. The Morgan fingerprint density at radius 1 is 0.766 bits per heavy atom. The summed E-state index contributed by atoms with van der Waals surface area (Å²) in [6, 6.07) is 27.8. The molecule has 2 amide bonds. The van der Waals surface area contributed by atoms with Gasteiger partial charge >= 0.3 is 0 Å². The summed E-state index contributed by atoms with van der Waals surface area (Å²) < 4.78 is 24.7. The van der Waals surface area contributed by atoms with Crippen LogP contribution < -0.4 is 14.4 Å². The topological polar surface area (TPSA) is 62.3 Å². The lowest BCUT2D eigenvalue weighted by molar-refractivity contribution is -0.131. The van der Waals surface area contributed by atoms with Crippen molar-refractivity contribution in [1.82, 2.24) is 9.80 Å². The van der Waals surface area contributed by atoms with Crippen LogP contribution in [0.25, 0.3) is 0 Å². The van der Waals surface area contributed by atoms with Crippen LogP contribution in [0.3, 0.4) is 0 Å². The number of carbonyl (C=O) groups excluding carboxylic acids is 2. The second-order valence-electron chi connectivity index (χ2n) is 12.0. The molecule has 1 aliphatic rings. The second-order valence-corrected chi connectivity index (χ2v) is 12.0. The molecule has 4 aromatic rings. The highest BCUT2D eigenvalue weighted by Crippen LogP contribution is 2.31. The minimum absolute atomic E-state index is 0.0512. The molecule has 0 N–H and O–H groups in total. The van der Waals surface area contributed by atoms with Gasteiger partial charge in [0.25, 0.3) is 5.91 Å². The number of halogens is 1. The van der Waals surface area contributed by atoms with Gasteiger partial charge in [-0.05, 0) is 84.8 Å². The number of anilines is 1. The molecule has 0 atom stereocenters. The lowest BCUT2D eigenvalue weighted by Gasteiger charge is -2.33. The highest BCUT2D eigenvalue weighted by atomic mass is 19.1. The molecule has 0 spiro atoms. The molecule has 246 valence electrons. The lowest BCUT2D eigenvalue weighted by atomic mass is 10.0. The molecular formula is C39H44FN3O4. The zero-order valence-corrected chi connectivity index (χ0v) is 27.6. The van der Waals surface area contributed by atoms with Gasteiger partial charge in [-0.25, -0.2) is 4.39 Å². The number of hydrogen-bond donors (Lipinski definition) is 0. The van der Waals surface area contributed by atoms with Gasteiger partial charge < -0.3 is 19.3 Å². The van der Waals surface area contributed by atoms with E-state index in [-0.39, 0.29) is 17.6 Å². The van der Waals surface area contributed by atoms with Gasteiger partial charge in [0.1, 0.15) is 5.82 Å². The molecule has 0 bridgehead atoms. The van der Waals surface area contributed by atoms with E-state index in [0.29, 0.717) is 49.5 Å². The van der Waals surface area contributed by atoms with E-state index in [1.165, 1.54) is 29.8 Å². The van der Waals surface area contributed by atoms with Crippen molar-refractivity contribution in [3.05, 3.63) is 125 Å². The summed E-state index contributed by atoms with van der Waals surface area (Å²) in [5.41, 5.74) is 5.33. The monoisotopic (exact) mass is 637 g/mol. The average Bonchev–Trinajstić information content (AvgIpc) is 3.08. The normalized spacial score (nSPS) is 14.5. The number of ether oxygens (including phenoxy) is 2. The third-order valence-electron chi connectivity index (χ3n) is 8.72. The summed E-state index contributed by atoms with van der Waals surface area (Å²) in [4.78, 5) is 34.2. The summed E-state index contributed by atoms with van der Waals surface area (Å²) in [5.74, 6) is 0.773. The number of benzene rings is 4. The highest BCUT2D eigenvalue weighted by Gasteiger charge is 2.25. The minimum Gasteiger partial charge on any atom is -0.493 e. The third-order valence-corrected chi connectivity index (χ3v) is 8.72. The summed E-state index contributed by atoms with van der Waals surface area (Å²) >= 11 is 0. The first-order valence-electron chi connectivity index (χ1n) is 16.3. The first kappa shape index (κ1) is 33.7. The predicted molar refractivity (Wildman–Crippen MR) is 183 cm³/mol. The fraction of sp³-hybridized carbons (Fsp3) is 0.333. The number of hydrogen-bond acceptors (Lipinski definition) is 5. The number of nitrogens with zero attached hydrogens (tertiary/aromatic N) is 3. The molecule has 1 aliphatic heterocycles. The number of para-hydroxylation sites is 1. The van der Waals surface area contributed by atoms with Crippen LogP contribution >= 0.6 is 0 Å². The lowest BCUT2D eigenvalue weighted by Crippen LogP contribution is -2.39. The Balaban J connectivity index is 1.45. The van der Waals surface area contributed by atoms with Crippen molar-refractivity contribution < 1.29 is 23.5 Å². The van der Waals surface area contributed by atoms with Crippen LogP contribution in [-0.2, 0) is 24.3 Å². The van der Waals surface area contributed by atoms with Crippen molar-refractivity contribution in [3.63, 3.8) is 0 Å². The predicted octanol–water partition coefficient (Wildman–Crippen LogP) is 7.06. The SMILES string of the molecule is COc1ccc(CCC(=O)N2CCCN(Cc3ccccc3)CCCN(C(=O)c3ccc(F)cc3)c3c(C)cccc3C2)cc1OC. The van der Waals surface area contributed by atoms with Crippen molar-refractivity contribution in [1.29, 1.82) is 0 Å². The molecule has 4 aromatic carbocycles. The van der Waals surface area contributed by atoms with E-state index < -0.39 is 0 Å². The van der Waals surface area contributed by atoms with E-state index in [9.17, 15) is 14.0 Å². The quantitative estimate of drug-likeness (QED) is 0.207. The van der Waals surface area contributed by atoms with Crippen LogP contribution in [0, 0.1) is 12.7 Å². The van der Waals surface area contributed by atoms with Crippen LogP contribution in [0.5, 0.6) is 11.5 Å². The fourth-order valence-electron chi connectivity index (χ4n) is 6.29. The molecule has 1 heterocycles. The molecule has 7 nitrogen and oxygen atoms in total. The van der Waals surface area contributed by atoms with E-state index in [2.05, 4.69) is 17.0 Å². The van der Waals surface area contributed by atoms with Gasteiger partial charge in [-0.2, -0.15) is 0 Å². The summed E-state index contributed by atoms with van der Waals surface area (Å²) in [6.07, 6.45) is 2.49. The van der Waals surface area contributed by atoms with Gasteiger partial charge in [0.2, 0.25) is 5.91 Å². The summed E-state index contributed by atoms with van der Waals surface area (Å²) in [6.45, 7) is 5.86. The molecule has 0 aliphatic carbocycles. The van der Waals surface area contributed by atoms with Crippen LogP contribution in [0.2, 0.25) is 0 Å². The molecule has 47 heavy (non-hydrogen) atoms. The Hall–Kier alpha value is -4.69. The third kappa shape index (κ3) is 8.77. The smallest absolute Gasteiger partial charge is 0.258 e. The van der Waals surface area contributed by atoms with Gasteiger partial charge in [-0.1, -0.05) is 54.6 Å². The first-order chi connectivity index (χ1) is 22.9. The van der Waals surface area contributed by atoms with E-state index in [4.69, 9.17) is 9.47 Å². The molecule has 0 radical (unpaired) electrons. The van der Waals surface area contributed by atoms with E-state index >= 15 is 0 Å². The maximum Gasteiger partial charge on any atom is 0.258 e. The van der Waals surface area contributed by atoms with E-state index in [1.807, 2.05) is 71.3 Å². The Morgan fingerprint density at radius 2 is 1.49 bits per heavy atom. The number of fused-ring (bicyclic) bond motifs is 1. The first-order valence-corrected chi connectivity index (χ1v) is 16.3. The van der Waals surface area contributed by atoms with Gasteiger partial charge in [-0.3, -0.25) is 14.5 Å². The van der Waals surface area contributed by atoms with Crippen LogP contribution in [0.4, 0.5) is 10.1 Å². The molecular weight excluding hydrogens is 593 g/mol. The Kier molecular flexibility index (Phi) is 11.6. The summed E-state index contributed by atoms with van der Waals surface area (Å²) in [7, 11) is 3.21. The van der Waals surface area contributed by atoms with Crippen LogP contribution in [0.1, 0.15) is 51.9 Å². The maximum atomic E-state index is 14.1. The molecule has 0 aromatic heterocycles. The molecule has 0 unspecified atom stereocenters. The molecule has 0 saturated carbocycles. The van der Waals surface area contributed by atoms with E-state index in [1.54, 1.807) is 14.2 Å². The van der Waals surface area contributed by atoms with Crippen molar-refractivity contribution >= 4 is 17.5 Å². The van der Waals surface area contributed by atoms with E-state index in [0.717, 1.165) is 54.9 Å². The maximum absolute atomic E-state index is 14.1. The number of rotatable bonds is 8. The van der Waals surface area contributed by atoms with Gasteiger partial charge in [0.15, 0.2) is 11.5 Å². The second kappa shape index (κ2) is 16.2. The molecule has 5 rings (SSSR count). The molecule has 0 saturated heterocycles. The van der Waals surface area contributed by atoms with Crippen molar-refractivity contribution in [2.45, 2.75) is 45.7 Å². The number of methoxy groups -OCH3 is 2.